The van der Waals surface area contributed by atoms with Gasteiger partial charge in [-0.15, -0.1) is 0 Å². The number of halogens is 1. The van der Waals surface area contributed by atoms with E-state index in [1.807, 2.05) is 30.3 Å². The molecule has 2 aromatic rings. The van der Waals surface area contributed by atoms with Crippen LogP contribution in [0.2, 0.25) is 5.02 Å². The zero-order valence-electron chi connectivity index (χ0n) is 14.5. The zero-order chi connectivity index (χ0) is 17.6. The molecule has 3 rings (SSSR count). The Kier molecular flexibility index (Phi) is 6.11. The van der Waals surface area contributed by atoms with Gasteiger partial charge in [0.25, 0.3) is 0 Å². The molecular formula is C21H24ClNO2. The second-order valence-electron chi connectivity index (χ2n) is 6.61. The highest BCUT2D eigenvalue weighted by molar-refractivity contribution is 6.30. The Morgan fingerprint density at radius 3 is 2.56 bits per heavy atom. The highest BCUT2D eigenvalue weighted by Crippen LogP contribution is 2.34. The van der Waals surface area contributed by atoms with Crippen molar-refractivity contribution >= 4 is 17.6 Å². The Morgan fingerprint density at radius 1 is 1.16 bits per heavy atom. The van der Waals surface area contributed by atoms with E-state index in [9.17, 15) is 4.79 Å². The maximum absolute atomic E-state index is 12.4. The monoisotopic (exact) mass is 357 g/mol. The van der Waals surface area contributed by atoms with Gasteiger partial charge in [0.15, 0.2) is 0 Å². The van der Waals surface area contributed by atoms with E-state index in [1.54, 1.807) is 0 Å². The third-order valence-electron chi connectivity index (χ3n) is 5.06. The molecule has 0 aromatic heterocycles. The molecule has 3 nitrogen and oxygen atoms in total. The molecule has 0 spiro atoms. The molecule has 2 aromatic carbocycles. The van der Waals surface area contributed by atoms with Crippen molar-refractivity contribution in [2.45, 2.75) is 18.8 Å². The lowest BCUT2D eigenvalue weighted by Gasteiger charge is -2.37. The van der Waals surface area contributed by atoms with Crippen LogP contribution in [0.5, 0.6) is 0 Å². The van der Waals surface area contributed by atoms with E-state index in [2.05, 4.69) is 29.2 Å². The molecule has 1 saturated heterocycles. The van der Waals surface area contributed by atoms with Crippen LogP contribution in [0, 0.1) is 5.92 Å². The average molecular weight is 358 g/mol. The molecule has 4 heteroatoms. The number of hydrogen-bond acceptors (Lipinski definition) is 3. The molecule has 0 N–H and O–H groups in total. The molecule has 2 atom stereocenters. The Hall–Kier alpha value is -1.84. The number of likely N-dealkylation sites (tertiary alicyclic amines) is 1. The smallest absolute Gasteiger partial charge is 0.310 e. The predicted molar refractivity (Wildman–Crippen MR) is 101 cm³/mol. The summed E-state index contributed by atoms with van der Waals surface area (Å²) in [5.41, 5.74) is 2.50. The maximum Gasteiger partial charge on any atom is 0.310 e. The van der Waals surface area contributed by atoms with Gasteiger partial charge in [-0.3, -0.25) is 4.79 Å². The normalized spacial score (nSPS) is 21.0. The minimum absolute atomic E-state index is 0.121. The molecule has 0 saturated carbocycles. The topological polar surface area (TPSA) is 29.5 Å². The molecule has 25 heavy (non-hydrogen) atoms. The van der Waals surface area contributed by atoms with Gasteiger partial charge in [0.2, 0.25) is 0 Å². The summed E-state index contributed by atoms with van der Waals surface area (Å²) in [6, 6.07) is 18.3. The van der Waals surface area contributed by atoms with E-state index in [4.69, 9.17) is 16.3 Å². The number of ether oxygens (including phenoxy) is 1. The van der Waals surface area contributed by atoms with Gasteiger partial charge in [-0.1, -0.05) is 54.1 Å². The molecule has 0 amide bonds. The van der Waals surface area contributed by atoms with Crippen LogP contribution in [0.15, 0.2) is 54.6 Å². The van der Waals surface area contributed by atoms with Crippen LogP contribution in [0.1, 0.15) is 23.5 Å². The summed E-state index contributed by atoms with van der Waals surface area (Å²) in [7, 11) is 1.48. The third kappa shape index (κ3) is 4.62. The van der Waals surface area contributed by atoms with E-state index >= 15 is 0 Å². The van der Waals surface area contributed by atoms with Crippen LogP contribution in [0.4, 0.5) is 0 Å². The first-order chi connectivity index (χ1) is 12.2. The first-order valence-electron chi connectivity index (χ1n) is 8.77. The summed E-state index contributed by atoms with van der Waals surface area (Å²) in [5, 5.41) is 0.721. The number of rotatable bonds is 5. The molecule has 1 aliphatic rings. The third-order valence-corrected chi connectivity index (χ3v) is 5.31. The predicted octanol–water partition coefficient (Wildman–Crippen LogP) is 4.16. The standard InChI is InChI=1S/C21H24ClNO2/c1-25-21(24)20-15-23(13-11-16-5-3-2-4-6-16)14-12-19(20)17-7-9-18(22)10-8-17/h2-10,19-20H,11-15H2,1H3/t19-,20+/m1/s1. The number of methoxy groups -OCH3 is 1. The summed E-state index contributed by atoms with van der Waals surface area (Å²) in [6.45, 7) is 2.70. The van der Waals surface area contributed by atoms with Gasteiger partial charge in [0, 0.05) is 18.1 Å². The van der Waals surface area contributed by atoms with E-state index in [1.165, 1.54) is 18.2 Å². The van der Waals surface area contributed by atoms with Crippen molar-refractivity contribution in [2.24, 2.45) is 5.92 Å². The van der Waals surface area contributed by atoms with Crippen LogP contribution < -0.4 is 0 Å². The molecule has 1 heterocycles. The molecule has 0 bridgehead atoms. The van der Waals surface area contributed by atoms with E-state index in [0.29, 0.717) is 0 Å². The second kappa shape index (κ2) is 8.50. The summed E-state index contributed by atoms with van der Waals surface area (Å²) in [5.74, 6) is -0.0576. The Balaban J connectivity index is 1.67. The van der Waals surface area contributed by atoms with Gasteiger partial charge < -0.3 is 9.64 Å². The quantitative estimate of drug-likeness (QED) is 0.752. The van der Waals surface area contributed by atoms with Gasteiger partial charge in [-0.2, -0.15) is 0 Å². The molecular weight excluding hydrogens is 334 g/mol. The number of carbonyl (C=O) groups is 1. The molecule has 1 fully saturated rings. The number of carbonyl (C=O) groups excluding carboxylic acids is 1. The number of hydrogen-bond donors (Lipinski definition) is 0. The second-order valence-corrected chi connectivity index (χ2v) is 7.05. The van der Waals surface area contributed by atoms with Crippen molar-refractivity contribution < 1.29 is 9.53 Å². The highest BCUT2D eigenvalue weighted by atomic mass is 35.5. The zero-order valence-corrected chi connectivity index (χ0v) is 15.3. The Morgan fingerprint density at radius 2 is 1.88 bits per heavy atom. The number of esters is 1. The van der Waals surface area contributed by atoms with Gasteiger partial charge in [0.1, 0.15) is 0 Å². The van der Waals surface area contributed by atoms with Gasteiger partial charge >= 0.3 is 5.97 Å². The first-order valence-corrected chi connectivity index (χ1v) is 9.14. The van der Waals surface area contributed by atoms with Crippen molar-refractivity contribution in [1.82, 2.24) is 4.90 Å². The van der Waals surface area contributed by atoms with Gasteiger partial charge in [-0.25, -0.2) is 0 Å². The van der Waals surface area contributed by atoms with Crippen molar-refractivity contribution in [3.8, 4) is 0 Å². The molecule has 1 aliphatic heterocycles. The minimum atomic E-state index is -0.129. The summed E-state index contributed by atoms with van der Waals surface area (Å²) >= 11 is 6.00. The minimum Gasteiger partial charge on any atom is -0.469 e. The van der Waals surface area contributed by atoms with Crippen LogP contribution in [-0.4, -0.2) is 37.6 Å². The fourth-order valence-corrected chi connectivity index (χ4v) is 3.78. The lowest BCUT2D eigenvalue weighted by atomic mass is 9.80. The van der Waals surface area contributed by atoms with Crippen LogP contribution in [-0.2, 0) is 16.0 Å². The number of piperidine rings is 1. The molecule has 0 radical (unpaired) electrons. The largest absolute Gasteiger partial charge is 0.469 e. The molecule has 132 valence electrons. The fraction of sp³-hybridized carbons (Fsp3) is 0.381. The van der Waals surface area contributed by atoms with E-state index in [-0.39, 0.29) is 17.8 Å². The lowest BCUT2D eigenvalue weighted by Crippen LogP contribution is -2.44. The Bertz CT molecular complexity index is 687. The van der Waals surface area contributed by atoms with Gasteiger partial charge in [0.05, 0.1) is 13.0 Å². The highest BCUT2D eigenvalue weighted by Gasteiger charge is 2.35. The van der Waals surface area contributed by atoms with Crippen molar-refractivity contribution in [3.63, 3.8) is 0 Å². The average Bonchev–Trinajstić information content (AvgIpc) is 2.67. The van der Waals surface area contributed by atoms with Gasteiger partial charge in [-0.05, 0) is 48.6 Å². The van der Waals surface area contributed by atoms with E-state index < -0.39 is 0 Å². The van der Waals surface area contributed by atoms with E-state index in [0.717, 1.165) is 37.5 Å². The SMILES string of the molecule is COC(=O)[C@H]1CN(CCc2ccccc2)CC[C@@H]1c1ccc(Cl)cc1. The van der Waals surface area contributed by atoms with Crippen molar-refractivity contribution in [3.05, 3.63) is 70.7 Å². The first kappa shape index (κ1) is 18.0. The fourth-order valence-electron chi connectivity index (χ4n) is 3.65. The lowest BCUT2D eigenvalue weighted by molar-refractivity contribution is -0.148. The number of nitrogens with zero attached hydrogens (tertiary/aromatic N) is 1. The van der Waals surface area contributed by atoms with Crippen LogP contribution in [0.25, 0.3) is 0 Å². The van der Waals surface area contributed by atoms with Crippen molar-refractivity contribution in [2.75, 3.05) is 26.7 Å². The molecule has 0 unspecified atom stereocenters. The molecule has 0 aliphatic carbocycles. The summed E-state index contributed by atoms with van der Waals surface area (Å²) in [6.07, 6.45) is 1.95. The van der Waals surface area contributed by atoms with Crippen LogP contribution in [0.3, 0.4) is 0 Å². The summed E-state index contributed by atoms with van der Waals surface area (Å²) < 4.78 is 5.08. The number of benzene rings is 2. The Labute approximate surface area is 154 Å². The van der Waals surface area contributed by atoms with Crippen LogP contribution >= 0.6 is 11.6 Å². The summed E-state index contributed by atoms with van der Waals surface area (Å²) in [4.78, 5) is 14.7. The maximum atomic E-state index is 12.4. The van der Waals surface area contributed by atoms with Crippen molar-refractivity contribution in [1.29, 1.82) is 0 Å².